The van der Waals surface area contributed by atoms with Crippen LogP contribution in [-0.2, 0) is 11.3 Å². The minimum absolute atomic E-state index is 0.0297. The highest BCUT2D eigenvalue weighted by molar-refractivity contribution is 6.30. The van der Waals surface area contributed by atoms with Crippen LogP contribution in [-0.4, -0.2) is 62.7 Å². The molecule has 1 aliphatic rings. The Bertz CT molecular complexity index is 1160. The van der Waals surface area contributed by atoms with Gasteiger partial charge in [-0.25, -0.2) is 9.97 Å². The number of piperidine rings is 1. The summed E-state index contributed by atoms with van der Waals surface area (Å²) in [5.41, 5.74) is 2.64. The first kappa shape index (κ1) is 22.7. The molecule has 3 aromatic rings. The molecule has 11 heteroatoms. The zero-order valence-corrected chi connectivity index (χ0v) is 19.1. The van der Waals surface area contributed by atoms with Gasteiger partial charge in [-0.2, -0.15) is 5.10 Å². The Morgan fingerprint density at radius 1 is 1.27 bits per heavy atom. The van der Waals surface area contributed by atoms with Gasteiger partial charge in [-0.05, 0) is 30.5 Å². The number of nitro groups is 1. The third-order valence-electron chi connectivity index (χ3n) is 5.65. The Labute approximate surface area is 196 Å². The van der Waals surface area contributed by atoms with Gasteiger partial charge in [-0.15, -0.1) is 0 Å². The second kappa shape index (κ2) is 9.53. The molecule has 1 aromatic carbocycles. The fourth-order valence-electron chi connectivity index (χ4n) is 3.96. The standard InChI is InChI=1S/C22H24ClN7O3/c1-27(2)22-24-11-19(15-5-7-17(23)8-6-15)21(26-22)16-4-3-9-28(12-16)20(31)14-29-13-18(10-25-29)30(32)33/h5-8,10-11,13,16H,3-4,9,12,14H2,1-2H3/t16-/m0/s1. The zero-order valence-electron chi connectivity index (χ0n) is 18.4. The largest absolute Gasteiger partial charge is 0.347 e. The first-order valence-corrected chi connectivity index (χ1v) is 10.9. The molecule has 0 N–H and O–H groups in total. The van der Waals surface area contributed by atoms with Crippen molar-refractivity contribution in [2.75, 3.05) is 32.1 Å². The van der Waals surface area contributed by atoms with Crippen LogP contribution >= 0.6 is 11.6 Å². The van der Waals surface area contributed by atoms with Crippen LogP contribution in [0.2, 0.25) is 5.02 Å². The topological polar surface area (TPSA) is 110 Å². The Balaban J connectivity index is 1.58. The van der Waals surface area contributed by atoms with Crippen molar-refractivity contribution >= 4 is 29.1 Å². The maximum absolute atomic E-state index is 12.9. The molecule has 3 heterocycles. The molecule has 0 aliphatic carbocycles. The molecule has 4 rings (SSSR count). The predicted octanol–water partition coefficient (Wildman–Crippen LogP) is 3.37. The number of benzene rings is 1. The molecule has 0 saturated carbocycles. The van der Waals surface area contributed by atoms with E-state index < -0.39 is 4.92 Å². The van der Waals surface area contributed by atoms with Crippen LogP contribution in [0.5, 0.6) is 0 Å². The minimum Gasteiger partial charge on any atom is -0.347 e. The monoisotopic (exact) mass is 469 g/mol. The maximum Gasteiger partial charge on any atom is 0.307 e. The minimum atomic E-state index is -0.527. The molecule has 0 bridgehead atoms. The first-order valence-electron chi connectivity index (χ1n) is 10.6. The molecule has 1 amide bonds. The molecular formula is C22H24ClN7O3. The van der Waals surface area contributed by atoms with Gasteiger partial charge in [0, 0.05) is 49.9 Å². The fourth-order valence-corrected chi connectivity index (χ4v) is 4.09. The normalized spacial score (nSPS) is 16.0. The van der Waals surface area contributed by atoms with Gasteiger partial charge in [0.1, 0.15) is 18.9 Å². The van der Waals surface area contributed by atoms with E-state index in [9.17, 15) is 14.9 Å². The number of rotatable bonds is 6. The molecule has 1 atom stereocenters. The number of hydrogen-bond acceptors (Lipinski definition) is 7. The summed E-state index contributed by atoms with van der Waals surface area (Å²) in [6.45, 7) is 1.09. The van der Waals surface area contributed by atoms with Crippen LogP contribution in [0.4, 0.5) is 11.6 Å². The van der Waals surface area contributed by atoms with E-state index in [1.165, 1.54) is 10.9 Å². The van der Waals surface area contributed by atoms with Crippen LogP contribution in [0.25, 0.3) is 11.1 Å². The van der Waals surface area contributed by atoms with Crippen LogP contribution in [0.3, 0.4) is 0 Å². The molecular weight excluding hydrogens is 446 g/mol. The van der Waals surface area contributed by atoms with Crippen LogP contribution in [0.15, 0.2) is 42.9 Å². The molecule has 1 aliphatic heterocycles. The van der Waals surface area contributed by atoms with Gasteiger partial charge in [-0.3, -0.25) is 19.6 Å². The third kappa shape index (κ3) is 5.11. The number of aromatic nitrogens is 4. The summed E-state index contributed by atoms with van der Waals surface area (Å²) in [7, 11) is 3.78. The molecule has 33 heavy (non-hydrogen) atoms. The number of halogens is 1. The maximum atomic E-state index is 12.9. The lowest BCUT2D eigenvalue weighted by molar-refractivity contribution is -0.385. The smallest absolute Gasteiger partial charge is 0.307 e. The van der Waals surface area contributed by atoms with Crippen LogP contribution < -0.4 is 4.90 Å². The molecule has 172 valence electrons. The van der Waals surface area contributed by atoms with Gasteiger partial charge in [-0.1, -0.05) is 23.7 Å². The quantitative estimate of drug-likeness (QED) is 0.402. The highest BCUT2D eigenvalue weighted by Crippen LogP contribution is 2.34. The number of nitrogens with zero attached hydrogens (tertiary/aromatic N) is 7. The number of amides is 1. The average Bonchev–Trinajstić information content (AvgIpc) is 3.28. The average molecular weight is 470 g/mol. The van der Waals surface area contributed by atoms with Gasteiger partial charge >= 0.3 is 5.69 Å². The summed E-state index contributed by atoms with van der Waals surface area (Å²) in [5, 5.41) is 15.5. The molecule has 1 saturated heterocycles. The van der Waals surface area contributed by atoms with Crippen molar-refractivity contribution in [3.63, 3.8) is 0 Å². The zero-order chi connectivity index (χ0) is 23.5. The van der Waals surface area contributed by atoms with E-state index in [0.717, 1.165) is 35.9 Å². The SMILES string of the molecule is CN(C)c1ncc(-c2ccc(Cl)cc2)c([C@H]2CCCN(C(=O)Cn3cc([N+](=O)[O-])cn3)C2)n1. The highest BCUT2D eigenvalue weighted by Gasteiger charge is 2.29. The van der Waals surface area contributed by atoms with Crippen molar-refractivity contribution in [2.24, 2.45) is 0 Å². The summed E-state index contributed by atoms with van der Waals surface area (Å²) in [6.07, 6.45) is 5.96. The number of likely N-dealkylation sites (tertiary alicyclic amines) is 1. The number of anilines is 1. The fraction of sp³-hybridized carbons (Fsp3) is 0.364. The molecule has 0 radical (unpaired) electrons. The highest BCUT2D eigenvalue weighted by atomic mass is 35.5. The van der Waals surface area contributed by atoms with Crippen molar-refractivity contribution in [1.82, 2.24) is 24.6 Å². The Kier molecular flexibility index (Phi) is 6.55. The lowest BCUT2D eigenvalue weighted by Gasteiger charge is -2.33. The first-order chi connectivity index (χ1) is 15.8. The summed E-state index contributed by atoms with van der Waals surface area (Å²) in [5.74, 6) is 0.504. The van der Waals surface area contributed by atoms with Crippen molar-refractivity contribution < 1.29 is 9.72 Å². The van der Waals surface area contributed by atoms with Gasteiger partial charge in [0.15, 0.2) is 0 Å². The van der Waals surface area contributed by atoms with E-state index >= 15 is 0 Å². The van der Waals surface area contributed by atoms with Gasteiger partial charge in [0.25, 0.3) is 0 Å². The van der Waals surface area contributed by atoms with E-state index in [2.05, 4.69) is 10.1 Å². The predicted molar refractivity (Wildman–Crippen MR) is 124 cm³/mol. The Morgan fingerprint density at radius 3 is 2.70 bits per heavy atom. The van der Waals surface area contributed by atoms with Crippen molar-refractivity contribution in [2.45, 2.75) is 25.3 Å². The lowest BCUT2D eigenvalue weighted by Crippen LogP contribution is -2.41. The molecule has 0 spiro atoms. The van der Waals surface area contributed by atoms with Crippen LogP contribution in [0.1, 0.15) is 24.5 Å². The second-order valence-corrected chi connectivity index (χ2v) is 8.64. The molecule has 2 aromatic heterocycles. The summed E-state index contributed by atoms with van der Waals surface area (Å²) >= 11 is 6.07. The van der Waals surface area contributed by atoms with Gasteiger partial charge in [0.05, 0.1) is 10.6 Å². The van der Waals surface area contributed by atoms with Crippen molar-refractivity contribution in [3.05, 3.63) is 63.7 Å². The van der Waals surface area contributed by atoms with Gasteiger partial charge in [0.2, 0.25) is 11.9 Å². The number of carbonyl (C=O) groups is 1. The molecule has 10 nitrogen and oxygen atoms in total. The van der Waals surface area contributed by atoms with E-state index in [-0.39, 0.29) is 24.1 Å². The summed E-state index contributed by atoms with van der Waals surface area (Å²) < 4.78 is 1.30. The Morgan fingerprint density at radius 2 is 2.03 bits per heavy atom. The second-order valence-electron chi connectivity index (χ2n) is 8.20. The van der Waals surface area contributed by atoms with E-state index in [1.807, 2.05) is 49.5 Å². The third-order valence-corrected chi connectivity index (χ3v) is 5.90. The van der Waals surface area contributed by atoms with E-state index in [4.69, 9.17) is 16.6 Å². The number of carbonyl (C=O) groups excluding carboxylic acids is 1. The van der Waals surface area contributed by atoms with E-state index in [1.54, 1.807) is 4.90 Å². The van der Waals surface area contributed by atoms with E-state index in [0.29, 0.717) is 24.1 Å². The molecule has 1 fully saturated rings. The lowest BCUT2D eigenvalue weighted by atomic mass is 9.90. The number of hydrogen-bond donors (Lipinski definition) is 0. The Hall–Kier alpha value is -3.53. The molecule has 0 unspecified atom stereocenters. The van der Waals surface area contributed by atoms with Crippen LogP contribution in [0, 0.1) is 10.1 Å². The summed E-state index contributed by atoms with van der Waals surface area (Å²) in [4.78, 5) is 36.3. The van der Waals surface area contributed by atoms with Crippen molar-refractivity contribution in [1.29, 1.82) is 0 Å². The summed E-state index contributed by atoms with van der Waals surface area (Å²) in [6, 6.07) is 7.55. The van der Waals surface area contributed by atoms with Gasteiger partial charge < -0.3 is 9.80 Å². The van der Waals surface area contributed by atoms with Crippen molar-refractivity contribution in [3.8, 4) is 11.1 Å².